The fourth-order valence-corrected chi connectivity index (χ4v) is 3.14. The first kappa shape index (κ1) is 15.2. The van der Waals surface area contributed by atoms with E-state index in [-0.39, 0.29) is 0 Å². The van der Waals surface area contributed by atoms with Crippen molar-refractivity contribution in [2.45, 2.75) is 39.7 Å². The van der Waals surface area contributed by atoms with Crippen molar-refractivity contribution in [1.29, 1.82) is 0 Å². The second kappa shape index (κ2) is 6.35. The van der Waals surface area contributed by atoms with Gasteiger partial charge in [-0.25, -0.2) is 0 Å². The molecule has 3 heteroatoms. The lowest BCUT2D eigenvalue weighted by atomic mass is 9.87. The van der Waals surface area contributed by atoms with Gasteiger partial charge in [0.05, 0.1) is 0 Å². The minimum atomic E-state index is 0.386. The first-order valence-corrected chi connectivity index (χ1v) is 7.54. The summed E-state index contributed by atoms with van der Waals surface area (Å²) in [4.78, 5) is 0. The monoisotopic (exact) mass is 361 g/mol. The molecule has 96 valence electrons. The average molecular weight is 363 g/mol. The predicted octanol–water partition coefficient (Wildman–Crippen LogP) is 5.30. The third kappa shape index (κ3) is 5.11. The average Bonchev–Trinajstić information content (AvgIpc) is 2.19. The summed E-state index contributed by atoms with van der Waals surface area (Å²) < 4.78 is 2.28. The molecular weight excluding hydrogens is 342 g/mol. The second-order valence-corrected chi connectivity index (χ2v) is 7.38. The van der Waals surface area contributed by atoms with E-state index in [0.717, 1.165) is 10.9 Å². The van der Waals surface area contributed by atoms with Crippen LogP contribution < -0.4 is 5.32 Å². The summed E-state index contributed by atoms with van der Waals surface area (Å²) >= 11 is 7.13. The number of hydrogen-bond acceptors (Lipinski definition) is 1. The normalized spacial score (nSPS) is 13.8. The number of halogens is 2. The minimum absolute atomic E-state index is 0.386. The largest absolute Gasteiger partial charge is 0.313 e. The highest BCUT2D eigenvalue weighted by Crippen LogP contribution is 2.32. The van der Waals surface area contributed by atoms with Crippen LogP contribution in [0, 0.1) is 5.41 Å². The van der Waals surface area contributed by atoms with Gasteiger partial charge in [0.1, 0.15) is 0 Å². The van der Waals surface area contributed by atoms with Crippen molar-refractivity contribution in [3.8, 4) is 0 Å². The van der Waals surface area contributed by atoms with Crippen LogP contribution in [0.5, 0.6) is 0 Å². The molecule has 1 unspecified atom stereocenters. The van der Waals surface area contributed by atoms with Gasteiger partial charge < -0.3 is 5.32 Å². The number of nitrogens with one attached hydrogen (secondary N) is 1. The Morgan fingerprint density at radius 2 is 1.88 bits per heavy atom. The van der Waals surface area contributed by atoms with Crippen LogP contribution in [0.4, 0.5) is 0 Å². The third-order valence-electron chi connectivity index (χ3n) is 2.87. The first-order chi connectivity index (χ1) is 7.83. The molecule has 0 aliphatic rings. The van der Waals surface area contributed by atoms with E-state index in [1.54, 1.807) is 0 Å². The molecular formula is C14H21Br2N. The van der Waals surface area contributed by atoms with E-state index in [2.05, 4.69) is 76.1 Å². The van der Waals surface area contributed by atoms with Crippen molar-refractivity contribution >= 4 is 31.9 Å². The Kier molecular flexibility index (Phi) is 5.68. The standard InChI is InChI=1S/C14H21Br2N/c1-14(2,3)8-7-13(17-4)11-6-5-10(15)9-12(11)16/h5-6,9,13,17H,7-8H2,1-4H3. The molecule has 0 aliphatic heterocycles. The Hall–Kier alpha value is 0.140. The minimum Gasteiger partial charge on any atom is -0.313 e. The van der Waals surface area contributed by atoms with Crippen molar-refractivity contribution in [2.24, 2.45) is 5.41 Å². The van der Waals surface area contributed by atoms with Gasteiger partial charge in [-0.1, -0.05) is 58.7 Å². The van der Waals surface area contributed by atoms with Gasteiger partial charge in [0, 0.05) is 15.0 Å². The molecule has 1 atom stereocenters. The maximum atomic E-state index is 3.64. The highest BCUT2D eigenvalue weighted by atomic mass is 79.9. The Balaban J connectivity index is 2.79. The van der Waals surface area contributed by atoms with Gasteiger partial charge in [-0.05, 0) is 43.0 Å². The lowest BCUT2D eigenvalue weighted by Gasteiger charge is -2.24. The summed E-state index contributed by atoms with van der Waals surface area (Å²) in [6.07, 6.45) is 2.36. The van der Waals surface area contributed by atoms with Gasteiger partial charge >= 0.3 is 0 Å². The Morgan fingerprint density at radius 1 is 1.24 bits per heavy atom. The van der Waals surface area contributed by atoms with E-state index in [1.807, 2.05) is 7.05 Å². The quantitative estimate of drug-likeness (QED) is 0.766. The summed E-state index contributed by atoms with van der Waals surface area (Å²) in [7, 11) is 2.03. The molecule has 1 aromatic carbocycles. The maximum absolute atomic E-state index is 3.64. The van der Waals surface area contributed by atoms with Gasteiger partial charge in [-0.3, -0.25) is 0 Å². The van der Waals surface area contributed by atoms with Gasteiger partial charge in [-0.2, -0.15) is 0 Å². The highest BCUT2D eigenvalue weighted by molar-refractivity contribution is 9.11. The second-order valence-electron chi connectivity index (χ2n) is 5.61. The number of hydrogen-bond donors (Lipinski definition) is 1. The molecule has 1 rings (SSSR count). The zero-order valence-electron chi connectivity index (χ0n) is 11.0. The van der Waals surface area contributed by atoms with Crippen molar-refractivity contribution in [3.05, 3.63) is 32.7 Å². The fourth-order valence-electron chi connectivity index (χ4n) is 1.82. The van der Waals surface area contributed by atoms with Gasteiger partial charge in [0.15, 0.2) is 0 Å². The molecule has 1 nitrogen and oxygen atoms in total. The Morgan fingerprint density at radius 3 is 2.35 bits per heavy atom. The molecule has 0 aromatic heterocycles. The smallest absolute Gasteiger partial charge is 0.0328 e. The van der Waals surface area contributed by atoms with Crippen LogP contribution in [-0.2, 0) is 0 Å². The summed E-state index contributed by atoms with van der Waals surface area (Å²) in [5.41, 5.74) is 1.72. The summed E-state index contributed by atoms with van der Waals surface area (Å²) in [5.74, 6) is 0. The molecule has 1 aromatic rings. The number of benzene rings is 1. The van der Waals surface area contributed by atoms with E-state index >= 15 is 0 Å². The van der Waals surface area contributed by atoms with Crippen molar-refractivity contribution in [3.63, 3.8) is 0 Å². The van der Waals surface area contributed by atoms with Crippen molar-refractivity contribution in [1.82, 2.24) is 5.32 Å². The first-order valence-electron chi connectivity index (χ1n) is 5.96. The molecule has 1 N–H and O–H groups in total. The number of rotatable bonds is 4. The van der Waals surface area contributed by atoms with Crippen LogP contribution in [0.1, 0.15) is 45.2 Å². The summed E-state index contributed by atoms with van der Waals surface area (Å²) in [5, 5.41) is 3.41. The molecule has 0 radical (unpaired) electrons. The molecule has 0 saturated carbocycles. The lowest BCUT2D eigenvalue weighted by Crippen LogP contribution is -2.19. The van der Waals surface area contributed by atoms with E-state index in [1.165, 1.54) is 16.5 Å². The highest BCUT2D eigenvalue weighted by Gasteiger charge is 2.17. The van der Waals surface area contributed by atoms with E-state index < -0.39 is 0 Å². The summed E-state index contributed by atoms with van der Waals surface area (Å²) in [6, 6.07) is 6.80. The summed E-state index contributed by atoms with van der Waals surface area (Å²) in [6.45, 7) is 6.86. The Bertz CT molecular complexity index is 369. The van der Waals surface area contributed by atoms with Crippen molar-refractivity contribution < 1.29 is 0 Å². The van der Waals surface area contributed by atoms with Gasteiger partial charge in [0.2, 0.25) is 0 Å². The van der Waals surface area contributed by atoms with Crippen LogP contribution in [0.25, 0.3) is 0 Å². The molecule has 0 fully saturated rings. The lowest BCUT2D eigenvalue weighted by molar-refractivity contribution is 0.337. The zero-order chi connectivity index (χ0) is 13.1. The molecule has 0 heterocycles. The van der Waals surface area contributed by atoms with Crippen LogP contribution in [-0.4, -0.2) is 7.05 Å². The van der Waals surface area contributed by atoms with E-state index in [4.69, 9.17) is 0 Å². The van der Waals surface area contributed by atoms with E-state index in [9.17, 15) is 0 Å². The molecule has 0 aliphatic carbocycles. The molecule has 0 bridgehead atoms. The van der Waals surface area contributed by atoms with Crippen molar-refractivity contribution in [2.75, 3.05) is 7.05 Å². The predicted molar refractivity (Wildman–Crippen MR) is 82.3 cm³/mol. The van der Waals surface area contributed by atoms with Crippen LogP contribution in [0.3, 0.4) is 0 Å². The van der Waals surface area contributed by atoms with Crippen LogP contribution >= 0.6 is 31.9 Å². The molecule has 0 spiro atoms. The topological polar surface area (TPSA) is 12.0 Å². The maximum Gasteiger partial charge on any atom is 0.0328 e. The fraction of sp³-hybridized carbons (Fsp3) is 0.571. The Labute approximate surface area is 122 Å². The van der Waals surface area contributed by atoms with Crippen LogP contribution in [0.2, 0.25) is 0 Å². The third-order valence-corrected chi connectivity index (χ3v) is 4.05. The van der Waals surface area contributed by atoms with Gasteiger partial charge in [0.25, 0.3) is 0 Å². The van der Waals surface area contributed by atoms with E-state index in [0.29, 0.717) is 11.5 Å². The molecule has 0 saturated heterocycles. The molecule has 17 heavy (non-hydrogen) atoms. The SMILES string of the molecule is CNC(CCC(C)(C)C)c1ccc(Br)cc1Br. The zero-order valence-corrected chi connectivity index (χ0v) is 14.2. The van der Waals surface area contributed by atoms with Gasteiger partial charge in [-0.15, -0.1) is 0 Å². The molecule has 0 amide bonds. The van der Waals surface area contributed by atoms with Crippen LogP contribution in [0.15, 0.2) is 27.1 Å².